The molecule has 0 saturated heterocycles. The van der Waals surface area contributed by atoms with Gasteiger partial charge in [0.1, 0.15) is 0 Å². The molecular formula is C17H13F6OP. The highest BCUT2D eigenvalue weighted by Crippen LogP contribution is 2.41. The van der Waals surface area contributed by atoms with Gasteiger partial charge in [0.2, 0.25) is 0 Å². The van der Waals surface area contributed by atoms with Gasteiger partial charge in [0.25, 0.3) is 0 Å². The summed E-state index contributed by atoms with van der Waals surface area (Å²) in [6, 6.07) is 6.66. The first-order valence-corrected chi connectivity index (χ1v) is 8.07. The predicted octanol–water partition coefficient (Wildman–Crippen LogP) is 5.49. The first-order chi connectivity index (χ1) is 11.4. The quantitative estimate of drug-likeness (QED) is 0.510. The number of hydrogen-bond donors (Lipinski definition) is 0. The maximum Gasteiger partial charge on any atom is 0.417 e. The highest BCUT2D eigenvalue weighted by Gasteiger charge is 2.42. The van der Waals surface area contributed by atoms with Crippen LogP contribution in [0.3, 0.4) is 0 Å². The van der Waals surface area contributed by atoms with E-state index in [1.54, 1.807) is 32.0 Å². The molecule has 2 rings (SSSR count). The second kappa shape index (κ2) is 6.79. The number of carbonyl (C=O) groups excluding carboxylic acids is 1. The molecule has 8 heteroatoms. The Kier molecular flexibility index (Phi) is 5.28. The fourth-order valence-electron chi connectivity index (χ4n) is 2.32. The number of carbonyl (C=O) groups is 1. The van der Waals surface area contributed by atoms with E-state index in [0.717, 1.165) is 5.56 Å². The second-order valence-electron chi connectivity index (χ2n) is 5.50. The van der Waals surface area contributed by atoms with Crippen molar-refractivity contribution in [2.45, 2.75) is 26.2 Å². The lowest BCUT2D eigenvalue weighted by atomic mass is 10.0. The molecular weight excluding hydrogens is 365 g/mol. The summed E-state index contributed by atoms with van der Waals surface area (Å²) in [5.41, 5.74) is -4.23. The largest absolute Gasteiger partial charge is 0.417 e. The van der Waals surface area contributed by atoms with Gasteiger partial charge >= 0.3 is 12.4 Å². The van der Waals surface area contributed by atoms with Crippen LogP contribution in [0, 0.1) is 13.8 Å². The molecule has 0 N–H and O–H groups in total. The molecule has 1 nitrogen and oxygen atoms in total. The maximum absolute atomic E-state index is 13.1. The van der Waals surface area contributed by atoms with Crippen LogP contribution in [0.15, 0.2) is 36.4 Å². The highest BCUT2D eigenvalue weighted by molar-refractivity contribution is 7.66. The van der Waals surface area contributed by atoms with E-state index >= 15 is 0 Å². The SMILES string of the molecule is Cc1ccc(C)c(PC(=O)c2c(C(F)(F)F)cccc2C(F)(F)F)c1. The van der Waals surface area contributed by atoms with Gasteiger partial charge in [-0.1, -0.05) is 29.8 Å². The van der Waals surface area contributed by atoms with Crippen molar-refractivity contribution in [3.63, 3.8) is 0 Å². The van der Waals surface area contributed by atoms with Crippen molar-refractivity contribution in [1.29, 1.82) is 0 Å². The molecule has 0 aliphatic rings. The van der Waals surface area contributed by atoms with Crippen molar-refractivity contribution < 1.29 is 31.1 Å². The fraction of sp³-hybridized carbons (Fsp3) is 0.235. The van der Waals surface area contributed by atoms with Gasteiger partial charge in [-0.3, -0.25) is 4.79 Å². The minimum Gasteiger partial charge on any atom is -0.289 e. The van der Waals surface area contributed by atoms with Crippen LogP contribution >= 0.6 is 8.58 Å². The predicted molar refractivity (Wildman–Crippen MR) is 84.6 cm³/mol. The van der Waals surface area contributed by atoms with E-state index in [-0.39, 0.29) is 0 Å². The molecule has 0 saturated carbocycles. The van der Waals surface area contributed by atoms with Crippen LogP contribution < -0.4 is 5.30 Å². The molecule has 134 valence electrons. The van der Waals surface area contributed by atoms with E-state index in [0.29, 0.717) is 29.1 Å². The van der Waals surface area contributed by atoms with Gasteiger partial charge < -0.3 is 0 Å². The van der Waals surface area contributed by atoms with Gasteiger partial charge in [0.05, 0.1) is 11.1 Å². The van der Waals surface area contributed by atoms with Crippen LogP contribution in [0.25, 0.3) is 0 Å². The van der Waals surface area contributed by atoms with E-state index in [2.05, 4.69) is 0 Å². The standard InChI is InChI=1S/C17H13F6OP/c1-9-6-7-10(2)13(8-9)25-15(24)14-11(16(18,19)20)4-3-5-12(14)17(21,22)23/h3-8,25H,1-2H3. The lowest BCUT2D eigenvalue weighted by Gasteiger charge is -2.18. The van der Waals surface area contributed by atoms with E-state index in [1.807, 2.05) is 0 Å². The molecule has 25 heavy (non-hydrogen) atoms. The molecule has 0 amide bonds. The lowest BCUT2D eigenvalue weighted by molar-refractivity contribution is -0.143. The first kappa shape index (κ1) is 19.4. The molecule has 0 aliphatic carbocycles. The highest BCUT2D eigenvalue weighted by atomic mass is 31.1. The Hall–Kier alpha value is -1.88. The average Bonchev–Trinajstić information content (AvgIpc) is 2.48. The maximum atomic E-state index is 13.1. The van der Waals surface area contributed by atoms with E-state index in [4.69, 9.17) is 0 Å². The molecule has 2 aromatic carbocycles. The summed E-state index contributed by atoms with van der Waals surface area (Å²) in [6.45, 7) is 3.37. The van der Waals surface area contributed by atoms with E-state index in [9.17, 15) is 31.1 Å². The Bertz CT molecular complexity index is 776. The Balaban J connectivity index is 2.59. The van der Waals surface area contributed by atoms with E-state index < -0.39 is 43.1 Å². The van der Waals surface area contributed by atoms with Gasteiger partial charge in [0.15, 0.2) is 5.52 Å². The Labute approximate surface area is 141 Å². The van der Waals surface area contributed by atoms with Gasteiger partial charge in [-0.15, -0.1) is 0 Å². The van der Waals surface area contributed by atoms with Crippen LogP contribution in [0.5, 0.6) is 0 Å². The summed E-state index contributed by atoms with van der Waals surface area (Å²) >= 11 is 0. The minimum absolute atomic E-state index is 0.426. The van der Waals surface area contributed by atoms with Crippen molar-refractivity contribution in [3.05, 3.63) is 64.2 Å². The fourth-order valence-corrected chi connectivity index (χ4v) is 3.54. The number of hydrogen-bond acceptors (Lipinski definition) is 1. The summed E-state index contributed by atoms with van der Waals surface area (Å²) in [5, 5.41) is 0.426. The van der Waals surface area contributed by atoms with Gasteiger partial charge in [-0.05, 0) is 45.4 Å². The zero-order valence-corrected chi connectivity index (χ0v) is 14.1. The minimum atomic E-state index is -5.06. The number of alkyl halides is 6. The molecule has 0 aromatic heterocycles. The molecule has 0 fully saturated rings. The van der Waals surface area contributed by atoms with Crippen LogP contribution in [-0.4, -0.2) is 5.52 Å². The van der Waals surface area contributed by atoms with Crippen LogP contribution in [0.4, 0.5) is 26.3 Å². The number of benzene rings is 2. The monoisotopic (exact) mass is 378 g/mol. The van der Waals surface area contributed by atoms with Crippen molar-refractivity contribution in [3.8, 4) is 0 Å². The molecule has 1 unspecified atom stereocenters. The third kappa shape index (κ3) is 4.40. The molecule has 0 bridgehead atoms. The second-order valence-corrected chi connectivity index (χ2v) is 6.74. The molecule has 0 aliphatic heterocycles. The van der Waals surface area contributed by atoms with Crippen LogP contribution in [-0.2, 0) is 12.4 Å². The Morgan fingerprint density at radius 1 is 0.880 bits per heavy atom. The van der Waals surface area contributed by atoms with Crippen LogP contribution in [0.2, 0.25) is 0 Å². The molecule has 2 aromatic rings. The van der Waals surface area contributed by atoms with Crippen LogP contribution in [0.1, 0.15) is 32.6 Å². The molecule has 1 atom stereocenters. The summed E-state index contributed by atoms with van der Waals surface area (Å²) < 4.78 is 78.9. The zero-order chi connectivity index (χ0) is 19.0. The van der Waals surface area contributed by atoms with Crippen molar-refractivity contribution in [2.75, 3.05) is 0 Å². The van der Waals surface area contributed by atoms with Gasteiger partial charge in [-0.25, -0.2) is 0 Å². The summed E-state index contributed by atoms with van der Waals surface area (Å²) in [6.07, 6.45) is -10.1. The van der Waals surface area contributed by atoms with Crippen molar-refractivity contribution >= 4 is 19.4 Å². The topological polar surface area (TPSA) is 17.1 Å². The van der Waals surface area contributed by atoms with Gasteiger partial charge in [0, 0.05) is 5.56 Å². The van der Waals surface area contributed by atoms with Crippen molar-refractivity contribution in [1.82, 2.24) is 0 Å². The number of aryl methyl sites for hydroxylation is 2. The van der Waals surface area contributed by atoms with E-state index in [1.165, 1.54) is 0 Å². The van der Waals surface area contributed by atoms with Gasteiger partial charge in [-0.2, -0.15) is 26.3 Å². The smallest absolute Gasteiger partial charge is 0.289 e. The summed E-state index contributed by atoms with van der Waals surface area (Å²) in [7, 11) is -0.837. The number of halogens is 6. The Morgan fingerprint density at radius 3 is 1.88 bits per heavy atom. The summed E-state index contributed by atoms with van der Waals surface area (Å²) in [4.78, 5) is 12.4. The molecule has 0 heterocycles. The Morgan fingerprint density at radius 2 is 1.40 bits per heavy atom. The lowest BCUT2D eigenvalue weighted by Crippen LogP contribution is -2.19. The third-order valence-electron chi connectivity index (χ3n) is 3.54. The molecule has 0 radical (unpaired) electrons. The summed E-state index contributed by atoms with van der Waals surface area (Å²) in [5.74, 6) is 0. The third-order valence-corrected chi connectivity index (χ3v) is 4.83. The molecule has 0 spiro atoms. The first-order valence-electron chi connectivity index (χ1n) is 7.07. The number of rotatable bonds is 3. The van der Waals surface area contributed by atoms with Crippen molar-refractivity contribution in [2.24, 2.45) is 0 Å². The zero-order valence-electron chi connectivity index (χ0n) is 13.1. The normalized spacial score (nSPS) is 12.8. The average molecular weight is 378 g/mol.